The summed E-state index contributed by atoms with van der Waals surface area (Å²) in [4.78, 5) is 0. The second-order valence-electron chi connectivity index (χ2n) is 5.30. The molecular weight excluding hydrogens is 318 g/mol. The van der Waals surface area contributed by atoms with Crippen LogP contribution in [0.3, 0.4) is 0 Å². The SMILES string of the molecule is CCCNCc1cc(Br)ccc1OCC1CCOCC1. The van der Waals surface area contributed by atoms with Crippen molar-refractivity contribution in [1.82, 2.24) is 5.32 Å². The van der Waals surface area contributed by atoms with Crippen molar-refractivity contribution >= 4 is 15.9 Å². The highest BCUT2D eigenvalue weighted by molar-refractivity contribution is 9.10. The van der Waals surface area contributed by atoms with Gasteiger partial charge < -0.3 is 14.8 Å². The van der Waals surface area contributed by atoms with E-state index in [-0.39, 0.29) is 0 Å². The summed E-state index contributed by atoms with van der Waals surface area (Å²) in [5.74, 6) is 1.63. The van der Waals surface area contributed by atoms with Gasteiger partial charge in [0.25, 0.3) is 0 Å². The minimum absolute atomic E-state index is 0.629. The number of rotatable bonds is 7. The number of ether oxygens (including phenoxy) is 2. The summed E-state index contributed by atoms with van der Waals surface area (Å²) in [6, 6.07) is 6.25. The van der Waals surface area contributed by atoms with Gasteiger partial charge in [-0.05, 0) is 49.9 Å². The van der Waals surface area contributed by atoms with E-state index in [9.17, 15) is 0 Å². The van der Waals surface area contributed by atoms with Gasteiger partial charge in [-0.25, -0.2) is 0 Å². The molecular formula is C16H24BrNO2. The van der Waals surface area contributed by atoms with Crippen LogP contribution in [-0.4, -0.2) is 26.4 Å². The summed E-state index contributed by atoms with van der Waals surface area (Å²) in [6.07, 6.45) is 3.37. The molecule has 0 amide bonds. The Morgan fingerprint density at radius 3 is 2.90 bits per heavy atom. The Bertz CT molecular complexity index is 405. The van der Waals surface area contributed by atoms with Gasteiger partial charge >= 0.3 is 0 Å². The molecule has 1 aromatic carbocycles. The number of hydrogen-bond acceptors (Lipinski definition) is 3. The largest absolute Gasteiger partial charge is 0.493 e. The molecule has 2 rings (SSSR count). The zero-order valence-corrected chi connectivity index (χ0v) is 13.7. The Balaban J connectivity index is 1.91. The average Bonchev–Trinajstić information content (AvgIpc) is 2.48. The van der Waals surface area contributed by atoms with Crippen molar-refractivity contribution in [3.8, 4) is 5.75 Å². The summed E-state index contributed by atoms with van der Waals surface area (Å²) < 4.78 is 12.5. The molecule has 0 aliphatic carbocycles. The van der Waals surface area contributed by atoms with Gasteiger partial charge in [0, 0.05) is 29.8 Å². The maximum Gasteiger partial charge on any atom is 0.123 e. The first kappa shape index (κ1) is 15.8. The van der Waals surface area contributed by atoms with Crippen LogP contribution in [-0.2, 0) is 11.3 Å². The maximum atomic E-state index is 6.05. The van der Waals surface area contributed by atoms with Gasteiger partial charge in [0.05, 0.1) is 6.61 Å². The number of halogens is 1. The molecule has 0 spiro atoms. The van der Waals surface area contributed by atoms with Crippen LogP contribution in [0.4, 0.5) is 0 Å². The van der Waals surface area contributed by atoms with Crippen LogP contribution in [0.2, 0.25) is 0 Å². The fraction of sp³-hybridized carbons (Fsp3) is 0.625. The molecule has 1 aromatic rings. The Morgan fingerprint density at radius 2 is 2.15 bits per heavy atom. The maximum absolute atomic E-state index is 6.05. The third-order valence-electron chi connectivity index (χ3n) is 3.58. The molecule has 0 radical (unpaired) electrons. The van der Waals surface area contributed by atoms with Crippen molar-refractivity contribution in [2.24, 2.45) is 5.92 Å². The highest BCUT2D eigenvalue weighted by Gasteiger charge is 2.15. The number of benzene rings is 1. The molecule has 0 bridgehead atoms. The van der Waals surface area contributed by atoms with Gasteiger partial charge in [-0.15, -0.1) is 0 Å². The van der Waals surface area contributed by atoms with Crippen molar-refractivity contribution in [3.05, 3.63) is 28.2 Å². The van der Waals surface area contributed by atoms with Gasteiger partial charge in [0.1, 0.15) is 5.75 Å². The lowest BCUT2D eigenvalue weighted by atomic mass is 10.0. The Morgan fingerprint density at radius 1 is 1.35 bits per heavy atom. The molecule has 1 aliphatic heterocycles. The summed E-state index contributed by atoms with van der Waals surface area (Å²) in [5, 5.41) is 3.44. The fourth-order valence-electron chi connectivity index (χ4n) is 2.35. The first-order valence-electron chi connectivity index (χ1n) is 7.49. The van der Waals surface area contributed by atoms with E-state index in [2.05, 4.69) is 40.3 Å². The highest BCUT2D eigenvalue weighted by atomic mass is 79.9. The van der Waals surface area contributed by atoms with Crippen molar-refractivity contribution in [2.45, 2.75) is 32.7 Å². The van der Waals surface area contributed by atoms with Crippen molar-refractivity contribution in [1.29, 1.82) is 0 Å². The standard InChI is InChI=1S/C16H24BrNO2/c1-2-7-18-11-14-10-15(17)3-4-16(14)20-12-13-5-8-19-9-6-13/h3-4,10,13,18H,2,5-9,11-12H2,1H3. The summed E-state index contributed by atoms with van der Waals surface area (Å²) >= 11 is 3.53. The zero-order chi connectivity index (χ0) is 14.2. The van der Waals surface area contributed by atoms with Crippen LogP contribution in [0.5, 0.6) is 5.75 Å². The van der Waals surface area contributed by atoms with Gasteiger partial charge in [-0.3, -0.25) is 0 Å². The van der Waals surface area contributed by atoms with Crippen LogP contribution in [0.1, 0.15) is 31.7 Å². The zero-order valence-electron chi connectivity index (χ0n) is 12.2. The molecule has 0 atom stereocenters. The van der Waals surface area contributed by atoms with E-state index in [1.807, 2.05) is 6.07 Å². The van der Waals surface area contributed by atoms with E-state index in [1.54, 1.807) is 0 Å². The van der Waals surface area contributed by atoms with Gasteiger partial charge in [-0.1, -0.05) is 22.9 Å². The quantitative estimate of drug-likeness (QED) is 0.766. The smallest absolute Gasteiger partial charge is 0.123 e. The summed E-state index contributed by atoms with van der Waals surface area (Å²) in [5.41, 5.74) is 1.22. The predicted octanol–water partition coefficient (Wildman–Crippen LogP) is 3.75. The molecule has 1 saturated heterocycles. The van der Waals surface area contributed by atoms with E-state index >= 15 is 0 Å². The van der Waals surface area contributed by atoms with E-state index in [4.69, 9.17) is 9.47 Å². The molecule has 112 valence electrons. The van der Waals surface area contributed by atoms with E-state index < -0.39 is 0 Å². The Hall–Kier alpha value is -0.580. The Labute approximate surface area is 130 Å². The molecule has 1 heterocycles. The molecule has 3 nitrogen and oxygen atoms in total. The van der Waals surface area contributed by atoms with E-state index in [1.165, 1.54) is 5.56 Å². The molecule has 1 N–H and O–H groups in total. The van der Waals surface area contributed by atoms with Gasteiger partial charge in [0.2, 0.25) is 0 Å². The lowest BCUT2D eigenvalue weighted by Gasteiger charge is -2.23. The fourth-order valence-corrected chi connectivity index (χ4v) is 2.76. The normalized spacial score (nSPS) is 16.3. The van der Waals surface area contributed by atoms with E-state index in [0.29, 0.717) is 5.92 Å². The van der Waals surface area contributed by atoms with Gasteiger partial charge in [0.15, 0.2) is 0 Å². The molecule has 0 unspecified atom stereocenters. The third-order valence-corrected chi connectivity index (χ3v) is 4.07. The monoisotopic (exact) mass is 341 g/mol. The van der Waals surface area contributed by atoms with Crippen LogP contribution in [0, 0.1) is 5.92 Å². The second kappa shape index (κ2) is 8.65. The molecule has 0 aromatic heterocycles. The molecule has 1 aliphatic rings. The summed E-state index contributed by atoms with van der Waals surface area (Å²) in [6.45, 7) is 6.61. The molecule has 4 heteroatoms. The minimum Gasteiger partial charge on any atom is -0.493 e. The average molecular weight is 342 g/mol. The summed E-state index contributed by atoms with van der Waals surface area (Å²) in [7, 11) is 0. The topological polar surface area (TPSA) is 30.5 Å². The Kier molecular flexibility index (Phi) is 6.83. The minimum atomic E-state index is 0.629. The highest BCUT2D eigenvalue weighted by Crippen LogP contribution is 2.25. The predicted molar refractivity (Wildman–Crippen MR) is 85.2 cm³/mol. The van der Waals surface area contributed by atoms with Gasteiger partial charge in [-0.2, -0.15) is 0 Å². The lowest BCUT2D eigenvalue weighted by Crippen LogP contribution is -2.22. The van der Waals surface area contributed by atoms with Crippen LogP contribution < -0.4 is 10.1 Å². The molecule has 0 saturated carbocycles. The first-order chi connectivity index (χ1) is 9.79. The van der Waals surface area contributed by atoms with Crippen LogP contribution in [0.25, 0.3) is 0 Å². The van der Waals surface area contributed by atoms with Crippen molar-refractivity contribution in [3.63, 3.8) is 0 Å². The first-order valence-corrected chi connectivity index (χ1v) is 8.28. The van der Waals surface area contributed by atoms with Crippen LogP contribution in [0.15, 0.2) is 22.7 Å². The van der Waals surface area contributed by atoms with Crippen molar-refractivity contribution < 1.29 is 9.47 Å². The third kappa shape index (κ3) is 5.08. The number of nitrogens with one attached hydrogen (secondary N) is 1. The number of hydrogen-bond donors (Lipinski definition) is 1. The van der Waals surface area contributed by atoms with Crippen molar-refractivity contribution in [2.75, 3.05) is 26.4 Å². The molecule has 20 heavy (non-hydrogen) atoms. The van der Waals surface area contributed by atoms with Crippen LogP contribution >= 0.6 is 15.9 Å². The second-order valence-corrected chi connectivity index (χ2v) is 6.21. The lowest BCUT2D eigenvalue weighted by molar-refractivity contribution is 0.0496. The van der Waals surface area contributed by atoms with E-state index in [0.717, 1.165) is 62.4 Å². The molecule has 1 fully saturated rings.